The molecule has 1 fully saturated rings. The SMILES string of the molecule is OC(c1ccc(F)c(Cl)c1)C1CCOC1. The maximum Gasteiger partial charge on any atom is 0.141 e. The van der Waals surface area contributed by atoms with Gasteiger partial charge in [0.2, 0.25) is 0 Å². The minimum absolute atomic E-state index is 0.0467. The summed E-state index contributed by atoms with van der Waals surface area (Å²) in [6.07, 6.45) is 0.210. The van der Waals surface area contributed by atoms with Crippen LogP contribution in [0.2, 0.25) is 5.02 Å². The smallest absolute Gasteiger partial charge is 0.141 e. The molecule has 0 amide bonds. The Morgan fingerprint density at radius 2 is 2.33 bits per heavy atom. The second-order valence-corrected chi connectivity index (χ2v) is 4.15. The standard InChI is InChI=1S/C11H12ClFO2/c12-9-5-7(1-2-10(9)13)11(14)8-3-4-15-6-8/h1-2,5,8,11,14H,3-4,6H2. The Morgan fingerprint density at radius 3 is 2.93 bits per heavy atom. The van der Waals surface area contributed by atoms with Crippen molar-refractivity contribution in [2.75, 3.05) is 13.2 Å². The average molecular weight is 231 g/mol. The van der Waals surface area contributed by atoms with E-state index in [2.05, 4.69) is 0 Å². The predicted molar refractivity (Wildman–Crippen MR) is 55.3 cm³/mol. The number of rotatable bonds is 2. The predicted octanol–water partition coefficient (Wildman–Crippen LogP) is 2.55. The summed E-state index contributed by atoms with van der Waals surface area (Å²) in [5, 5.41) is 10.0. The van der Waals surface area contributed by atoms with Crippen molar-refractivity contribution in [3.8, 4) is 0 Å². The van der Waals surface area contributed by atoms with E-state index in [1.54, 1.807) is 6.07 Å². The lowest BCUT2D eigenvalue weighted by molar-refractivity contribution is 0.0917. The van der Waals surface area contributed by atoms with Gasteiger partial charge in [-0.15, -0.1) is 0 Å². The van der Waals surface area contributed by atoms with Gasteiger partial charge < -0.3 is 9.84 Å². The summed E-state index contributed by atoms with van der Waals surface area (Å²) in [7, 11) is 0. The largest absolute Gasteiger partial charge is 0.388 e. The van der Waals surface area contributed by atoms with E-state index in [0.29, 0.717) is 18.8 Å². The fraction of sp³-hybridized carbons (Fsp3) is 0.455. The van der Waals surface area contributed by atoms with Crippen molar-refractivity contribution in [1.29, 1.82) is 0 Å². The summed E-state index contributed by atoms with van der Waals surface area (Å²) in [5.74, 6) is -0.373. The van der Waals surface area contributed by atoms with E-state index in [1.807, 2.05) is 0 Å². The van der Waals surface area contributed by atoms with E-state index in [1.165, 1.54) is 12.1 Å². The lowest BCUT2D eigenvalue weighted by Gasteiger charge is -2.16. The third-order valence-electron chi connectivity index (χ3n) is 2.70. The quantitative estimate of drug-likeness (QED) is 0.846. The van der Waals surface area contributed by atoms with Gasteiger partial charge in [-0.25, -0.2) is 4.39 Å². The minimum Gasteiger partial charge on any atom is -0.388 e. The van der Waals surface area contributed by atoms with Gasteiger partial charge in [-0.05, 0) is 24.1 Å². The highest BCUT2D eigenvalue weighted by molar-refractivity contribution is 6.30. The molecule has 1 aliphatic heterocycles. The molecule has 0 saturated carbocycles. The van der Waals surface area contributed by atoms with E-state index in [9.17, 15) is 9.50 Å². The van der Waals surface area contributed by atoms with Crippen LogP contribution in [-0.2, 0) is 4.74 Å². The van der Waals surface area contributed by atoms with Crippen molar-refractivity contribution >= 4 is 11.6 Å². The van der Waals surface area contributed by atoms with E-state index in [4.69, 9.17) is 16.3 Å². The van der Waals surface area contributed by atoms with Gasteiger partial charge in [-0.2, -0.15) is 0 Å². The summed E-state index contributed by atoms with van der Waals surface area (Å²) in [6.45, 7) is 1.23. The Labute approximate surface area is 92.6 Å². The first kappa shape index (κ1) is 10.9. The molecule has 1 aromatic carbocycles. The van der Waals surface area contributed by atoms with Crippen LogP contribution in [0, 0.1) is 11.7 Å². The Bertz CT molecular complexity index is 350. The van der Waals surface area contributed by atoms with Gasteiger partial charge in [0.05, 0.1) is 17.7 Å². The van der Waals surface area contributed by atoms with Crippen LogP contribution in [0.1, 0.15) is 18.1 Å². The van der Waals surface area contributed by atoms with Crippen LogP contribution in [0.3, 0.4) is 0 Å². The summed E-state index contributed by atoms with van der Waals surface area (Å²) in [6, 6.07) is 4.31. The minimum atomic E-state index is -0.620. The van der Waals surface area contributed by atoms with Crippen molar-refractivity contribution < 1.29 is 14.2 Å². The molecule has 1 aliphatic rings. The average Bonchev–Trinajstić information content (AvgIpc) is 2.74. The Hall–Kier alpha value is -0.640. The molecule has 1 aromatic rings. The second-order valence-electron chi connectivity index (χ2n) is 3.74. The Kier molecular flexibility index (Phi) is 3.24. The third kappa shape index (κ3) is 2.30. The molecular weight excluding hydrogens is 219 g/mol. The van der Waals surface area contributed by atoms with Gasteiger partial charge in [0.25, 0.3) is 0 Å². The Balaban J connectivity index is 2.17. The molecule has 0 radical (unpaired) electrons. The fourth-order valence-electron chi connectivity index (χ4n) is 1.77. The second kappa shape index (κ2) is 4.47. The fourth-order valence-corrected chi connectivity index (χ4v) is 1.96. The first-order valence-electron chi connectivity index (χ1n) is 4.89. The monoisotopic (exact) mass is 230 g/mol. The van der Waals surface area contributed by atoms with Crippen LogP contribution in [0.4, 0.5) is 4.39 Å². The van der Waals surface area contributed by atoms with Gasteiger partial charge in [0, 0.05) is 12.5 Å². The number of halogens is 2. The highest BCUT2D eigenvalue weighted by Gasteiger charge is 2.25. The summed E-state index contributed by atoms with van der Waals surface area (Å²) >= 11 is 5.65. The highest BCUT2D eigenvalue weighted by atomic mass is 35.5. The van der Waals surface area contributed by atoms with E-state index < -0.39 is 11.9 Å². The zero-order valence-corrected chi connectivity index (χ0v) is 8.88. The molecule has 82 valence electrons. The van der Waals surface area contributed by atoms with Crippen LogP contribution in [0.25, 0.3) is 0 Å². The van der Waals surface area contributed by atoms with Crippen molar-refractivity contribution in [2.24, 2.45) is 5.92 Å². The van der Waals surface area contributed by atoms with Crippen LogP contribution in [-0.4, -0.2) is 18.3 Å². The lowest BCUT2D eigenvalue weighted by atomic mass is 9.95. The summed E-state index contributed by atoms with van der Waals surface area (Å²) in [4.78, 5) is 0. The number of hydrogen-bond acceptors (Lipinski definition) is 2. The zero-order chi connectivity index (χ0) is 10.8. The summed E-state index contributed by atoms with van der Waals surface area (Å²) in [5.41, 5.74) is 0.650. The molecule has 4 heteroatoms. The molecule has 0 aliphatic carbocycles. The van der Waals surface area contributed by atoms with Crippen molar-refractivity contribution in [3.05, 3.63) is 34.6 Å². The first-order chi connectivity index (χ1) is 7.18. The molecule has 0 bridgehead atoms. The van der Waals surface area contributed by atoms with Gasteiger partial charge in [0.15, 0.2) is 0 Å². The molecule has 2 rings (SSSR count). The molecule has 1 N–H and O–H groups in total. The molecule has 1 heterocycles. The topological polar surface area (TPSA) is 29.5 Å². The number of hydrogen-bond donors (Lipinski definition) is 1. The molecule has 2 unspecified atom stereocenters. The number of ether oxygens (including phenoxy) is 1. The molecule has 0 spiro atoms. The van der Waals surface area contributed by atoms with Gasteiger partial charge in [0.1, 0.15) is 5.82 Å². The lowest BCUT2D eigenvalue weighted by Crippen LogP contribution is -2.12. The van der Waals surface area contributed by atoms with Gasteiger partial charge >= 0.3 is 0 Å². The van der Waals surface area contributed by atoms with Crippen LogP contribution in [0.5, 0.6) is 0 Å². The highest BCUT2D eigenvalue weighted by Crippen LogP contribution is 2.30. The van der Waals surface area contributed by atoms with Crippen LogP contribution >= 0.6 is 11.6 Å². The van der Waals surface area contributed by atoms with Gasteiger partial charge in [-0.3, -0.25) is 0 Å². The molecule has 0 aromatic heterocycles. The zero-order valence-electron chi connectivity index (χ0n) is 8.12. The molecule has 2 atom stereocenters. The Morgan fingerprint density at radius 1 is 1.53 bits per heavy atom. The van der Waals surface area contributed by atoms with E-state index >= 15 is 0 Å². The third-order valence-corrected chi connectivity index (χ3v) is 2.99. The van der Waals surface area contributed by atoms with Crippen molar-refractivity contribution in [1.82, 2.24) is 0 Å². The van der Waals surface area contributed by atoms with Gasteiger partial charge in [-0.1, -0.05) is 17.7 Å². The normalized spacial score (nSPS) is 23.0. The molecule has 1 saturated heterocycles. The number of aliphatic hydroxyl groups excluding tert-OH is 1. The first-order valence-corrected chi connectivity index (χ1v) is 5.27. The molecule has 2 nitrogen and oxygen atoms in total. The van der Waals surface area contributed by atoms with E-state index in [0.717, 1.165) is 6.42 Å². The van der Waals surface area contributed by atoms with Crippen LogP contribution < -0.4 is 0 Å². The maximum absolute atomic E-state index is 12.9. The molecule has 15 heavy (non-hydrogen) atoms. The maximum atomic E-state index is 12.9. The van der Waals surface area contributed by atoms with Crippen molar-refractivity contribution in [2.45, 2.75) is 12.5 Å². The number of aliphatic hydroxyl groups is 1. The summed E-state index contributed by atoms with van der Waals surface area (Å²) < 4.78 is 18.1. The molecular formula is C11H12ClFO2. The van der Waals surface area contributed by atoms with Crippen molar-refractivity contribution in [3.63, 3.8) is 0 Å². The number of benzene rings is 1. The van der Waals surface area contributed by atoms with Crippen LogP contribution in [0.15, 0.2) is 18.2 Å². The van der Waals surface area contributed by atoms with E-state index in [-0.39, 0.29) is 10.9 Å².